The van der Waals surface area contributed by atoms with E-state index in [4.69, 9.17) is 0 Å². The Balaban J connectivity index is 1.56. The molecule has 2 aliphatic rings. The van der Waals surface area contributed by atoms with E-state index in [0.717, 1.165) is 37.1 Å². The molecule has 1 amide bonds. The Kier molecular flexibility index (Phi) is 4.53. The first-order chi connectivity index (χ1) is 13.3. The molecule has 2 saturated heterocycles. The van der Waals surface area contributed by atoms with Gasteiger partial charge in [0.05, 0.1) is 11.7 Å². The van der Waals surface area contributed by atoms with Crippen molar-refractivity contribution in [2.24, 2.45) is 0 Å². The van der Waals surface area contributed by atoms with Crippen LogP contribution in [0.5, 0.6) is 5.75 Å². The van der Waals surface area contributed by atoms with Crippen molar-refractivity contribution >= 4 is 5.91 Å². The monoisotopic (exact) mass is 391 g/mol. The van der Waals surface area contributed by atoms with Gasteiger partial charge in [0.15, 0.2) is 0 Å². The summed E-state index contributed by atoms with van der Waals surface area (Å²) < 4.78 is 41.4. The van der Waals surface area contributed by atoms with Crippen molar-refractivity contribution in [1.29, 1.82) is 0 Å². The molecular weight excluding hydrogens is 371 g/mol. The van der Waals surface area contributed by atoms with Gasteiger partial charge in [0, 0.05) is 19.8 Å². The van der Waals surface area contributed by atoms with E-state index in [-0.39, 0.29) is 17.7 Å². The lowest BCUT2D eigenvalue weighted by molar-refractivity contribution is -0.274. The summed E-state index contributed by atoms with van der Waals surface area (Å²) in [5, 5.41) is 3.46. The summed E-state index contributed by atoms with van der Waals surface area (Å²) in [7, 11) is 1.81. The van der Waals surface area contributed by atoms with Crippen molar-refractivity contribution in [2.45, 2.75) is 37.2 Å². The smallest absolute Gasteiger partial charge is 0.406 e. The highest BCUT2D eigenvalue weighted by Gasteiger charge is 2.50. The van der Waals surface area contributed by atoms with Crippen molar-refractivity contribution in [2.75, 3.05) is 13.6 Å². The Labute approximate surface area is 160 Å². The van der Waals surface area contributed by atoms with Gasteiger partial charge in [-0.2, -0.15) is 0 Å². The second-order valence-corrected chi connectivity index (χ2v) is 7.34. The van der Waals surface area contributed by atoms with Crippen molar-refractivity contribution in [1.82, 2.24) is 15.2 Å². The van der Waals surface area contributed by atoms with E-state index in [1.165, 1.54) is 18.2 Å². The maximum atomic E-state index is 12.5. The van der Waals surface area contributed by atoms with Crippen molar-refractivity contribution in [3.63, 3.8) is 0 Å². The third-order valence-corrected chi connectivity index (χ3v) is 5.48. The Morgan fingerprint density at radius 1 is 1.21 bits per heavy atom. The molecule has 1 aromatic carbocycles. The van der Waals surface area contributed by atoms with Crippen LogP contribution in [0.15, 0.2) is 42.6 Å². The predicted octanol–water partition coefficient (Wildman–Crippen LogP) is 3.67. The lowest BCUT2D eigenvalue weighted by Gasteiger charge is -2.23. The molecule has 8 heteroatoms. The normalized spacial score (nSPS) is 24.9. The standard InChI is InChI=1S/C20H20F3N3O2/c1-26-10-8-19(18(26)27)7-5-16(25-19)17-12-14(6-9-24-17)13-3-2-4-15(11-13)28-20(21,22)23/h2-4,6,9,11-12,16,25H,5,7-8,10H2,1H3/t16-,19-/m1/s1. The second kappa shape index (κ2) is 6.77. The van der Waals surface area contributed by atoms with Crippen LogP contribution in [0.4, 0.5) is 13.2 Å². The molecule has 2 aromatic rings. The zero-order chi connectivity index (χ0) is 19.9. The van der Waals surface area contributed by atoms with Gasteiger partial charge in [0.2, 0.25) is 5.91 Å². The van der Waals surface area contributed by atoms with E-state index < -0.39 is 11.9 Å². The number of carbonyl (C=O) groups is 1. The lowest BCUT2D eigenvalue weighted by Crippen LogP contribution is -2.47. The molecule has 1 spiro atoms. The molecule has 0 radical (unpaired) electrons. The maximum absolute atomic E-state index is 12.5. The fourth-order valence-corrected chi connectivity index (χ4v) is 4.08. The van der Waals surface area contributed by atoms with Crippen LogP contribution < -0.4 is 10.1 Å². The first kappa shape index (κ1) is 18.7. The van der Waals surface area contributed by atoms with Crippen LogP contribution in [0.3, 0.4) is 0 Å². The minimum absolute atomic E-state index is 0.0648. The number of carbonyl (C=O) groups excluding carboxylic acids is 1. The number of amides is 1. The van der Waals surface area contributed by atoms with Gasteiger partial charge in [-0.1, -0.05) is 12.1 Å². The Hall–Kier alpha value is -2.61. The highest BCUT2D eigenvalue weighted by molar-refractivity contribution is 5.88. The van der Waals surface area contributed by atoms with E-state index in [2.05, 4.69) is 15.0 Å². The first-order valence-electron chi connectivity index (χ1n) is 9.11. The molecule has 2 atom stereocenters. The highest BCUT2D eigenvalue weighted by Crippen LogP contribution is 2.39. The van der Waals surface area contributed by atoms with Gasteiger partial charge < -0.3 is 9.64 Å². The van der Waals surface area contributed by atoms with Gasteiger partial charge in [-0.05, 0) is 54.7 Å². The lowest BCUT2D eigenvalue weighted by atomic mass is 9.96. The number of alkyl halides is 3. The van der Waals surface area contributed by atoms with Gasteiger partial charge in [-0.15, -0.1) is 13.2 Å². The van der Waals surface area contributed by atoms with Gasteiger partial charge in [-0.3, -0.25) is 15.1 Å². The highest BCUT2D eigenvalue weighted by atomic mass is 19.4. The number of likely N-dealkylation sites (tertiary alicyclic amines) is 1. The number of nitrogens with one attached hydrogen (secondary N) is 1. The summed E-state index contributed by atoms with van der Waals surface area (Å²) in [5.41, 5.74) is 1.61. The van der Waals surface area contributed by atoms with Crippen LogP contribution in [-0.2, 0) is 4.79 Å². The number of likely N-dealkylation sites (N-methyl/N-ethyl adjacent to an activating group) is 1. The first-order valence-corrected chi connectivity index (χ1v) is 9.11. The van der Waals surface area contributed by atoms with Crippen LogP contribution in [0, 0.1) is 0 Å². The number of benzene rings is 1. The molecule has 0 unspecified atom stereocenters. The molecule has 1 aromatic heterocycles. The predicted molar refractivity (Wildman–Crippen MR) is 96.5 cm³/mol. The number of nitrogens with zero attached hydrogens (tertiary/aromatic N) is 2. The Bertz CT molecular complexity index is 902. The van der Waals surface area contributed by atoms with Crippen LogP contribution in [0.25, 0.3) is 11.1 Å². The minimum atomic E-state index is -4.73. The summed E-state index contributed by atoms with van der Waals surface area (Å²) in [6.45, 7) is 0.734. The van der Waals surface area contributed by atoms with Crippen LogP contribution in [0.2, 0.25) is 0 Å². The van der Waals surface area contributed by atoms with Crippen molar-refractivity contribution in [3.8, 4) is 16.9 Å². The van der Waals surface area contributed by atoms with Gasteiger partial charge >= 0.3 is 6.36 Å². The van der Waals surface area contributed by atoms with Crippen molar-refractivity contribution in [3.05, 3.63) is 48.3 Å². The number of hydrogen-bond donors (Lipinski definition) is 1. The summed E-state index contributed by atoms with van der Waals surface area (Å²) in [6.07, 6.45) is -0.785. The topological polar surface area (TPSA) is 54.5 Å². The quantitative estimate of drug-likeness (QED) is 0.868. The van der Waals surface area contributed by atoms with E-state index in [1.54, 1.807) is 30.3 Å². The number of rotatable bonds is 3. The number of pyridine rings is 1. The molecule has 3 heterocycles. The van der Waals surface area contributed by atoms with E-state index >= 15 is 0 Å². The second-order valence-electron chi connectivity index (χ2n) is 7.34. The molecule has 2 aliphatic heterocycles. The molecule has 5 nitrogen and oxygen atoms in total. The number of ether oxygens (including phenoxy) is 1. The molecule has 148 valence electrons. The molecule has 0 aliphatic carbocycles. The average Bonchev–Trinajstić information content (AvgIpc) is 3.21. The van der Waals surface area contributed by atoms with Crippen molar-refractivity contribution < 1.29 is 22.7 Å². The number of halogens is 3. The third-order valence-electron chi connectivity index (χ3n) is 5.48. The minimum Gasteiger partial charge on any atom is -0.406 e. The van der Waals surface area contributed by atoms with Gasteiger partial charge in [0.25, 0.3) is 0 Å². The van der Waals surface area contributed by atoms with Gasteiger partial charge in [-0.25, -0.2) is 0 Å². The largest absolute Gasteiger partial charge is 0.573 e. The Morgan fingerprint density at radius 3 is 2.71 bits per heavy atom. The summed E-state index contributed by atoms with van der Waals surface area (Å²) in [6, 6.07) is 9.40. The molecule has 0 bridgehead atoms. The Morgan fingerprint density at radius 2 is 2.00 bits per heavy atom. The average molecular weight is 391 g/mol. The van der Waals surface area contributed by atoms with Crippen LogP contribution >= 0.6 is 0 Å². The zero-order valence-electron chi connectivity index (χ0n) is 15.3. The fourth-order valence-electron chi connectivity index (χ4n) is 4.08. The zero-order valence-corrected chi connectivity index (χ0v) is 15.3. The molecule has 28 heavy (non-hydrogen) atoms. The van der Waals surface area contributed by atoms with Gasteiger partial charge in [0.1, 0.15) is 11.3 Å². The molecule has 4 rings (SSSR count). The van der Waals surface area contributed by atoms with Crippen LogP contribution in [0.1, 0.15) is 31.0 Å². The molecule has 0 saturated carbocycles. The summed E-state index contributed by atoms with van der Waals surface area (Å²) >= 11 is 0. The molecule has 1 N–H and O–H groups in total. The number of hydrogen-bond acceptors (Lipinski definition) is 4. The van der Waals surface area contributed by atoms with E-state index in [0.29, 0.717) is 5.56 Å². The third kappa shape index (κ3) is 3.56. The van der Waals surface area contributed by atoms with E-state index in [1.807, 2.05) is 6.07 Å². The maximum Gasteiger partial charge on any atom is 0.573 e. The van der Waals surface area contributed by atoms with E-state index in [9.17, 15) is 18.0 Å². The SMILES string of the molecule is CN1CC[C@]2(CC[C@H](c3cc(-c4cccc(OC(F)(F)F)c4)ccn3)N2)C1=O. The number of aromatic nitrogens is 1. The fraction of sp³-hybridized carbons (Fsp3) is 0.400. The summed E-state index contributed by atoms with van der Waals surface area (Å²) in [5.74, 6) is -0.149. The molecular formula is C20H20F3N3O2. The van der Waals surface area contributed by atoms with Crippen LogP contribution in [-0.4, -0.2) is 41.3 Å². The summed E-state index contributed by atoms with van der Waals surface area (Å²) in [4.78, 5) is 18.7. The molecule has 2 fully saturated rings.